The van der Waals surface area contributed by atoms with E-state index in [9.17, 15) is 0 Å². The van der Waals surface area contributed by atoms with Crippen LogP contribution in [0.25, 0.3) is 0 Å². The second kappa shape index (κ2) is 9.95. The summed E-state index contributed by atoms with van der Waals surface area (Å²) in [5.41, 5.74) is 6.68. The zero-order chi connectivity index (χ0) is 22.5. The number of rotatable bonds is 7. The Morgan fingerprint density at radius 1 is 0.844 bits per heavy atom. The monoisotopic (exact) mass is 424 g/mol. The van der Waals surface area contributed by atoms with Gasteiger partial charge in [-0.25, -0.2) is 9.98 Å². The molecule has 0 fully saturated rings. The summed E-state index contributed by atoms with van der Waals surface area (Å²) in [5, 5.41) is 0. The van der Waals surface area contributed by atoms with E-state index in [1.54, 1.807) is 0 Å². The van der Waals surface area contributed by atoms with Gasteiger partial charge in [0.1, 0.15) is 12.3 Å². The van der Waals surface area contributed by atoms with Gasteiger partial charge in [0.25, 0.3) is 0 Å². The summed E-state index contributed by atoms with van der Waals surface area (Å²) in [7, 11) is 0. The zero-order valence-corrected chi connectivity index (χ0v) is 19.5. The summed E-state index contributed by atoms with van der Waals surface area (Å²) in [6.07, 6.45) is 0.867. The van der Waals surface area contributed by atoms with Gasteiger partial charge in [-0.1, -0.05) is 107 Å². The molecule has 0 saturated heterocycles. The van der Waals surface area contributed by atoms with Crippen LogP contribution in [0.3, 0.4) is 0 Å². The fourth-order valence-corrected chi connectivity index (χ4v) is 4.12. The van der Waals surface area contributed by atoms with Crippen LogP contribution >= 0.6 is 0 Å². The predicted octanol–water partition coefficient (Wildman–Crippen LogP) is 7.09. The van der Waals surface area contributed by atoms with Gasteiger partial charge in [-0.2, -0.15) is 0 Å². The molecule has 0 bridgehead atoms. The van der Waals surface area contributed by atoms with Crippen molar-refractivity contribution in [1.82, 2.24) is 0 Å². The molecule has 3 aromatic rings. The van der Waals surface area contributed by atoms with Gasteiger partial charge in [-0.15, -0.1) is 0 Å². The third-order valence-corrected chi connectivity index (χ3v) is 5.84. The summed E-state index contributed by atoms with van der Waals surface area (Å²) < 4.78 is 6.15. The number of para-hydroxylation sites is 1. The Bertz CT molecular complexity index is 1070. The molecule has 0 aromatic heterocycles. The largest absolute Gasteiger partial charge is 0.474 e. The Labute approximate surface area is 191 Å². The van der Waals surface area contributed by atoms with E-state index >= 15 is 0 Å². The summed E-state index contributed by atoms with van der Waals surface area (Å²) in [6.45, 7) is 9.47. The summed E-state index contributed by atoms with van der Waals surface area (Å²) in [4.78, 5) is 10.2. The van der Waals surface area contributed by atoms with Crippen LogP contribution in [0.2, 0.25) is 0 Å². The normalized spacial score (nSPS) is 16.4. The molecule has 3 aromatic carbocycles. The van der Waals surface area contributed by atoms with Crippen molar-refractivity contribution in [3.8, 4) is 0 Å². The van der Waals surface area contributed by atoms with Crippen LogP contribution in [0, 0.1) is 0 Å². The number of hydrogen-bond acceptors (Lipinski definition) is 3. The topological polar surface area (TPSA) is 34.0 Å². The molecule has 164 valence electrons. The highest BCUT2D eigenvalue weighted by atomic mass is 16.5. The van der Waals surface area contributed by atoms with Crippen LogP contribution in [0.4, 0.5) is 5.69 Å². The Morgan fingerprint density at radius 3 is 2.03 bits per heavy atom. The average Bonchev–Trinajstić information content (AvgIpc) is 3.26. The van der Waals surface area contributed by atoms with Crippen LogP contribution in [0.5, 0.6) is 0 Å². The lowest BCUT2D eigenvalue weighted by molar-refractivity contribution is 0.320. The number of ether oxygens (including phenoxy) is 1. The van der Waals surface area contributed by atoms with Crippen molar-refractivity contribution in [3.05, 3.63) is 101 Å². The molecule has 1 aliphatic rings. The molecule has 0 N–H and O–H groups in total. The lowest BCUT2D eigenvalue weighted by Gasteiger charge is -2.18. The molecule has 32 heavy (non-hydrogen) atoms. The van der Waals surface area contributed by atoms with E-state index in [4.69, 9.17) is 14.7 Å². The van der Waals surface area contributed by atoms with Gasteiger partial charge in [0.05, 0.1) is 11.7 Å². The molecule has 1 heterocycles. The van der Waals surface area contributed by atoms with Crippen molar-refractivity contribution in [2.24, 2.45) is 9.98 Å². The first-order chi connectivity index (χ1) is 15.5. The number of hydrogen-bond donors (Lipinski definition) is 0. The standard InChI is InChI=1S/C29H32N2O/c1-20(2)25-16-11-17-26(21(3)4)28(25)31-27(23-14-9-6-10-15-23)29-30-24(19-32-29)18-22-12-7-5-8-13-22/h5-17,20-21,24H,18-19H2,1-4H3/b31-27+/t24-/m0/s1. The SMILES string of the molecule is CC(C)c1cccc(C(C)C)c1/N=C(/C1=N[C@@H](Cc2ccccc2)CO1)c1ccccc1. The van der Waals surface area contributed by atoms with E-state index in [2.05, 4.69) is 82.3 Å². The highest BCUT2D eigenvalue weighted by molar-refractivity contribution is 6.46. The van der Waals surface area contributed by atoms with Crippen molar-refractivity contribution >= 4 is 17.3 Å². The Kier molecular flexibility index (Phi) is 6.84. The second-order valence-electron chi connectivity index (χ2n) is 9.01. The van der Waals surface area contributed by atoms with Crippen LogP contribution in [-0.4, -0.2) is 24.3 Å². The Morgan fingerprint density at radius 2 is 1.44 bits per heavy atom. The fourth-order valence-electron chi connectivity index (χ4n) is 4.12. The first-order valence-electron chi connectivity index (χ1n) is 11.5. The number of benzene rings is 3. The van der Waals surface area contributed by atoms with Gasteiger partial charge in [-0.05, 0) is 34.9 Å². The maximum atomic E-state index is 6.15. The van der Waals surface area contributed by atoms with E-state index in [0.29, 0.717) is 24.3 Å². The Hall–Kier alpha value is -3.20. The van der Waals surface area contributed by atoms with Crippen molar-refractivity contribution < 1.29 is 4.74 Å². The van der Waals surface area contributed by atoms with Gasteiger partial charge in [0.2, 0.25) is 5.90 Å². The Balaban J connectivity index is 1.79. The number of aliphatic imine (C=N–C) groups is 2. The molecule has 0 saturated carbocycles. The first kappa shape index (κ1) is 22.0. The van der Waals surface area contributed by atoms with Gasteiger partial charge in [0.15, 0.2) is 0 Å². The number of nitrogens with zero attached hydrogens (tertiary/aromatic N) is 2. The minimum atomic E-state index is 0.103. The average molecular weight is 425 g/mol. The lowest BCUT2D eigenvalue weighted by atomic mass is 9.92. The quantitative estimate of drug-likeness (QED) is 0.373. The van der Waals surface area contributed by atoms with Crippen molar-refractivity contribution in [1.29, 1.82) is 0 Å². The molecular formula is C29H32N2O. The third-order valence-electron chi connectivity index (χ3n) is 5.84. The third kappa shape index (κ3) is 4.99. The molecule has 4 rings (SSSR count). The summed E-state index contributed by atoms with van der Waals surface area (Å²) in [5.74, 6) is 1.40. The van der Waals surface area contributed by atoms with E-state index < -0.39 is 0 Å². The molecule has 0 amide bonds. The molecule has 0 spiro atoms. The molecule has 1 atom stereocenters. The minimum Gasteiger partial charge on any atom is -0.474 e. The molecule has 0 aliphatic carbocycles. The molecule has 3 nitrogen and oxygen atoms in total. The highest BCUT2D eigenvalue weighted by Gasteiger charge is 2.25. The van der Waals surface area contributed by atoms with Crippen molar-refractivity contribution in [3.63, 3.8) is 0 Å². The summed E-state index contributed by atoms with van der Waals surface area (Å²) >= 11 is 0. The lowest BCUT2D eigenvalue weighted by Crippen LogP contribution is -2.16. The summed E-state index contributed by atoms with van der Waals surface area (Å²) in [6, 6.07) is 27.4. The van der Waals surface area contributed by atoms with Crippen LogP contribution < -0.4 is 0 Å². The predicted molar refractivity (Wildman–Crippen MR) is 135 cm³/mol. The van der Waals surface area contributed by atoms with E-state index in [-0.39, 0.29) is 6.04 Å². The molecule has 3 heteroatoms. The molecule has 0 unspecified atom stereocenters. The first-order valence-corrected chi connectivity index (χ1v) is 11.5. The van der Waals surface area contributed by atoms with Gasteiger partial charge in [-0.3, -0.25) is 0 Å². The molecule has 1 aliphatic heterocycles. The maximum absolute atomic E-state index is 6.15. The highest BCUT2D eigenvalue weighted by Crippen LogP contribution is 2.35. The van der Waals surface area contributed by atoms with E-state index in [0.717, 1.165) is 23.4 Å². The van der Waals surface area contributed by atoms with Crippen LogP contribution in [-0.2, 0) is 11.2 Å². The minimum absolute atomic E-state index is 0.103. The second-order valence-corrected chi connectivity index (χ2v) is 9.01. The van der Waals surface area contributed by atoms with Gasteiger partial charge >= 0.3 is 0 Å². The zero-order valence-electron chi connectivity index (χ0n) is 19.5. The van der Waals surface area contributed by atoms with Crippen LogP contribution in [0.15, 0.2) is 88.8 Å². The van der Waals surface area contributed by atoms with E-state index in [1.807, 2.05) is 24.3 Å². The maximum Gasteiger partial charge on any atom is 0.236 e. The van der Waals surface area contributed by atoms with Gasteiger partial charge in [0, 0.05) is 5.56 Å². The van der Waals surface area contributed by atoms with Crippen molar-refractivity contribution in [2.45, 2.75) is 52.0 Å². The van der Waals surface area contributed by atoms with E-state index in [1.165, 1.54) is 16.7 Å². The molecule has 0 radical (unpaired) electrons. The fraction of sp³-hybridized carbons (Fsp3) is 0.310. The van der Waals surface area contributed by atoms with Crippen molar-refractivity contribution in [2.75, 3.05) is 6.61 Å². The van der Waals surface area contributed by atoms with Gasteiger partial charge < -0.3 is 4.74 Å². The smallest absolute Gasteiger partial charge is 0.236 e. The van der Waals surface area contributed by atoms with Crippen LogP contribution in [0.1, 0.15) is 61.8 Å². The molecular weight excluding hydrogens is 392 g/mol.